The van der Waals surface area contributed by atoms with Gasteiger partial charge in [0.1, 0.15) is 11.4 Å². The molecule has 0 radical (unpaired) electrons. The van der Waals surface area contributed by atoms with Crippen molar-refractivity contribution in [3.8, 4) is 0 Å². The molecule has 5 nitrogen and oxygen atoms in total. The molecule has 1 amide bonds. The van der Waals surface area contributed by atoms with E-state index in [9.17, 15) is 14.0 Å². The molecule has 0 aliphatic rings. The first-order valence-electron chi connectivity index (χ1n) is 6.08. The number of rotatable bonds is 7. The average Bonchev–Trinajstić information content (AvgIpc) is 2.34. The van der Waals surface area contributed by atoms with Gasteiger partial charge in [-0.3, -0.25) is 4.79 Å². The molecule has 0 bridgehead atoms. The van der Waals surface area contributed by atoms with Crippen LogP contribution in [0.1, 0.15) is 36.0 Å². The third kappa shape index (κ3) is 4.67. The van der Waals surface area contributed by atoms with Gasteiger partial charge in [0.25, 0.3) is 0 Å². The second-order valence-electron chi connectivity index (χ2n) is 4.12. The maximum Gasteiger partial charge on any atom is 0.340 e. The molecule has 0 unspecified atom stereocenters. The smallest absolute Gasteiger partial charge is 0.340 e. The van der Waals surface area contributed by atoms with Crippen LogP contribution in [0.5, 0.6) is 0 Å². The number of nitrogens with two attached hydrogens (primary N) is 1. The maximum absolute atomic E-state index is 13.4. The van der Waals surface area contributed by atoms with Gasteiger partial charge in [-0.05, 0) is 31.5 Å². The van der Waals surface area contributed by atoms with Crippen LogP contribution in [-0.4, -0.2) is 23.5 Å². The Kier molecular flexibility index (Phi) is 5.95. The van der Waals surface area contributed by atoms with E-state index < -0.39 is 17.3 Å². The predicted molar refractivity (Wildman–Crippen MR) is 69.5 cm³/mol. The Morgan fingerprint density at radius 2 is 2.00 bits per heavy atom. The van der Waals surface area contributed by atoms with Crippen LogP contribution >= 0.6 is 0 Å². The van der Waals surface area contributed by atoms with Gasteiger partial charge in [-0.1, -0.05) is 12.5 Å². The zero-order chi connectivity index (χ0) is 14.3. The Balaban J connectivity index is 2.64. The molecular weight excluding hydrogens is 251 g/mol. The first-order chi connectivity index (χ1) is 9.06. The first kappa shape index (κ1) is 15.1. The molecule has 0 heterocycles. The van der Waals surface area contributed by atoms with E-state index in [1.54, 1.807) is 0 Å². The van der Waals surface area contributed by atoms with Gasteiger partial charge in [-0.2, -0.15) is 0 Å². The largest absolute Gasteiger partial charge is 0.478 e. The van der Waals surface area contributed by atoms with Gasteiger partial charge in [-0.25, -0.2) is 9.18 Å². The number of benzene rings is 1. The lowest BCUT2D eigenvalue weighted by Gasteiger charge is -2.09. The average molecular weight is 268 g/mol. The highest BCUT2D eigenvalue weighted by Gasteiger charge is 2.16. The zero-order valence-corrected chi connectivity index (χ0v) is 10.5. The lowest BCUT2D eigenvalue weighted by atomic mass is 10.1. The highest BCUT2D eigenvalue weighted by Crippen LogP contribution is 2.19. The van der Waals surface area contributed by atoms with Crippen molar-refractivity contribution < 1.29 is 19.1 Å². The summed E-state index contributed by atoms with van der Waals surface area (Å²) in [5, 5.41) is 11.3. The highest BCUT2D eigenvalue weighted by atomic mass is 19.1. The van der Waals surface area contributed by atoms with Crippen LogP contribution in [0.4, 0.5) is 10.1 Å². The monoisotopic (exact) mass is 268 g/mol. The number of nitrogens with one attached hydrogen (secondary N) is 1. The van der Waals surface area contributed by atoms with E-state index in [-0.39, 0.29) is 18.0 Å². The van der Waals surface area contributed by atoms with Gasteiger partial charge < -0.3 is 16.2 Å². The molecule has 0 aliphatic carbocycles. The molecule has 0 atom stereocenters. The van der Waals surface area contributed by atoms with Crippen molar-refractivity contribution in [2.75, 3.05) is 11.9 Å². The summed E-state index contributed by atoms with van der Waals surface area (Å²) in [6.45, 7) is 0.578. The van der Waals surface area contributed by atoms with Crippen LogP contribution in [0.25, 0.3) is 0 Å². The van der Waals surface area contributed by atoms with E-state index in [0.29, 0.717) is 13.0 Å². The number of hydrogen-bond acceptors (Lipinski definition) is 3. The molecule has 1 aromatic rings. The van der Waals surface area contributed by atoms with E-state index in [2.05, 4.69) is 5.32 Å². The molecule has 6 heteroatoms. The summed E-state index contributed by atoms with van der Waals surface area (Å²) in [5.41, 5.74) is 4.80. The Hall–Kier alpha value is -1.95. The van der Waals surface area contributed by atoms with Gasteiger partial charge in [0.2, 0.25) is 5.91 Å². The van der Waals surface area contributed by atoms with Gasteiger partial charge in [0.15, 0.2) is 0 Å². The molecule has 1 aromatic carbocycles. The summed E-state index contributed by atoms with van der Waals surface area (Å²) in [4.78, 5) is 22.5. The van der Waals surface area contributed by atoms with Crippen molar-refractivity contribution in [3.05, 3.63) is 29.6 Å². The second-order valence-corrected chi connectivity index (χ2v) is 4.12. The first-order valence-corrected chi connectivity index (χ1v) is 6.08. The number of carboxylic acid groups (broad SMARTS) is 1. The zero-order valence-electron chi connectivity index (χ0n) is 10.5. The van der Waals surface area contributed by atoms with Crippen molar-refractivity contribution in [1.29, 1.82) is 0 Å². The summed E-state index contributed by atoms with van der Waals surface area (Å²) >= 11 is 0. The summed E-state index contributed by atoms with van der Waals surface area (Å²) < 4.78 is 13.4. The number of amides is 1. The molecule has 0 saturated heterocycles. The van der Waals surface area contributed by atoms with Crippen molar-refractivity contribution in [2.24, 2.45) is 5.73 Å². The topological polar surface area (TPSA) is 92.4 Å². The van der Waals surface area contributed by atoms with Crippen LogP contribution in [0.2, 0.25) is 0 Å². The number of anilines is 1. The summed E-state index contributed by atoms with van der Waals surface area (Å²) in [5.74, 6) is -2.60. The third-order valence-electron chi connectivity index (χ3n) is 2.61. The summed E-state index contributed by atoms with van der Waals surface area (Å²) in [7, 11) is 0. The van der Waals surface area contributed by atoms with Crippen molar-refractivity contribution in [1.82, 2.24) is 0 Å². The minimum atomic E-state index is -1.41. The van der Waals surface area contributed by atoms with E-state index >= 15 is 0 Å². The molecule has 0 aromatic heterocycles. The highest BCUT2D eigenvalue weighted by molar-refractivity contribution is 6.00. The lowest BCUT2D eigenvalue weighted by Crippen LogP contribution is -2.15. The maximum atomic E-state index is 13.4. The molecule has 19 heavy (non-hydrogen) atoms. The summed E-state index contributed by atoms with van der Waals surface area (Å²) in [6.07, 6.45) is 2.60. The van der Waals surface area contributed by atoms with Gasteiger partial charge in [0.05, 0.1) is 5.69 Å². The molecule has 0 aliphatic heterocycles. The normalized spacial score (nSPS) is 10.2. The Morgan fingerprint density at radius 3 is 2.63 bits per heavy atom. The Morgan fingerprint density at radius 1 is 1.26 bits per heavy atom. The number of carbonyl (C=O) groups is 2. The number of carbonyl (C=O) groups excluding carboxylic acids is 1. The van der Waals surface area contributed by atoms with E-state index in [1.807, 2.05) is 0 Å². The Labute approximate surface area is 110 Å². The number of unbranched alkanes of at least 4 members (excludes halogenated alkanes) is 2. The molecule has 0 spiro atoms. The predicted octanol–water partition coefficient (Wildman–Crippen LogP) is 1.98. The van der Waals surface area contributed by atoms with Crippen LogP contribution in [0, 0.1) is 5.82 Å². The minimum Gasteiger partial charge on any atom is -0.478 e. The van der Waals surface area contributed by atoms with Crippen molar-refractivity contribution in [2.45, 2.75) is 25.7 Å². The van der Waals surface area contributed by atoms with E-state index in [4.69, 9.17) is 10.8 Å². The van der Waals surface area contributed by atoms with Gasteiger partial charge >= 0.3 is 5.97 Å². The quantitative estimate of drug-likeness (QED) is 0.659. The number of hydrogen-bond donors (Lipinski definition) is 3. The van der Waals surface area contributed by atoms with Gasteiger partial charge in [0, 0.05) is 6.42 Å². The molecule has 4 N–H and O–H groups in total. The van der Waals surface area contributed by atoms with Crippen LogP contribution in [0.3, 0.4) is 0 Å². The molecular formula is C13H17FN2O3. The van der Waals surface area contributed by atoms with E-state index in [1.165, 1.54) is 12.1 Å². The SMILES string of the molecule is NCCCCCC(=O)Nc1cccc(F)c1C(=O)O. The van der Waals surface area contributed by atoms with Crippen LogP contribution in [0.15, 0.2) is 18.2 Å². The second kappa shape index (κ2) is 7.48. The molecule has 1 rings (SSSR count). The molecule has 104 valence electrons. The third-order valence-corrected chi connectivity index (χ3v) is 2.61. The van der Waals surface area contributed by atoms with Crippen LogP contribution < -0.4 is 11.1 Å². The number of aromatic carboxylic acids is 1. The number of halogens is 1. The fourth-order valence-electron chi connectivity index (χ4n) is 1.67. The lowest BCUT2D eigenvalue weighted by molar-refractivity contribution is -0.116. The summed E-state index contributed by atoms with van der Waals surface area (Å²) in [6, 6.07) is 3.76. The Bertz CT molecular complexity index is 463. The fraction of sp³-hybridized carbons (Fsp3) is 0.385. The van der Waals surface area contributed by atoms with E-state index in [0.717, 1.165) is 18.9 Å². The van der Waals surface area contributed by atoms with Crippen molar-refractivity contribution in [3.63, 3.8) is 0 Å². The van der Waals surface area contributed by atoms with Crippen LogP contribution in [-0.2, 0) is 4.79 Å². The molecule has 0 fully saturated rings. The number of carboxylic acids is 1. The van der Waals surface area contributed by atoms with Crippen molar-refractivity contribution >= 4 is 17.6 Å². The van der Waals surface area contributed by atoms with Gasteiger partial charge in [-0.15, -0.1) is 0 Å². The standard InChI is InChI=1S/C13H17FN2O3/c14-9-5-4-6-10(12(9)13(18)19)16-11(17)7-2-1-3-8-15/h4-6H,1-3,7-8,15H2,(H,16,17)(H,18,19). The molecule has 0 saturated carbocycles. The minimum absolute atomic E-state index is 0.0173. The fourth-order valence-corrected chi connectivity index (χ4v) is 1.67.